The zero-order valence-electron chi connectivity index (χ0n) is 14.9. The second-order valence-electron chi connectivity index (χ2n) is 7.40. The van der Waals surface area contributed by atoms with Crippen molar-refractivity contribution in [2.75, 3.05) is 5.32 Å². The van der Waals surface area contributed by atoms with Gasteiger partial charge in [-0.2, -0.15) is 0 Å². The Balaban J connectivity index is 2.18. The van der Waals surface area contributed by atoms with Crippen molar-refractivity contribution in [3.8, 4) is 5.75 Å². The van der Waals surface area contributed by atoms with Gasteiger partial charge in [-0.05, 0) is 37.3 Å². The maximum Gasteiger partial charge on any atom is 0.326 e. The Bertz CT molecular complexity index is 693. The molecule has 1 heterocycles. The lowest BCUT2D eigenvalue weighted by atomic mass is 9.88. The van der Waals surface area contributed by atoms with Crippen LogP contribution in [0.15, 0.2) is 18.2 Å². The van der Waals surface area contributed by atoms with Crippen LogP contribution in [0.3, 0.4) is 0 Å². The third-order valence-corrected chi connectivity index (χ3v) is 3.97. The summed E-state index contributed by atoms with van der Waals surface area (Å²) in [5.74, 6) is -1.66. The molecule has 0 aliphatic carbocycles. The summed E-state index contributed by atoms with van der Waals surface area (Å²) in [7, 11) is 0. The van der Waals surface area contributed by atoms with E-state index < -0.39 is 24.0 Å². The number of ether oxygens (including phenoxy) is 1. The normalized spacial score (nSPS) is 17.8. The van der Waals surface area contributed by atoms with Gasteiger partial charge in [-0.1, -0.05) is 26.8 Å². The van der Waals surface area contributed by atoms with Crippen LogP contribution in [0.1, 0.15) is 50.9 Å². The van der Waals surface area contributed by atoms with E-state index in [9.17, 15) is 19.5 Å². The third kappa shape index (κ3) is 4.71. The van der Waals surface area contributed by atoms with Crippen LogP contribution in [0.2, 0.25) is 0 Å². The fraction of sp³-hybridized carbons (Fsp3) is 0.500. The van der Waals surface area contributed by atoms with E-state index in [2.05, 4.69) is 10.6 Å². The van der Waals surface area contributed by atoms with Crippen molar-refractivity contribution in [2.45, 2.75) is 52.7 Å². The number of benzene rings is 1. The number of carboxylic acid groups (broad SMARTS) is 1. The molecule has 1 aliphatic rings. The topological polar surface area (TPSA) is 105 Å². The number of rotatable bonds is 5. The molecule has 0 spiro atoms. The molecule has 25 heavy (non-hydrogen) atoms. The van der Waals surface area contributed by atoms with Gasteiger partial charge in [-0.25, -0.2) is 4.79 Å². The minimum absolute atomic E-state index is 0.0346. The van der Waals surface area contributed by atoms with Crippen molar-refractivity contribution in [3.63, 3.8) is 0 Å². The summed E-state index contributed by atoms with van der Waals surface area (Å²) in [6.07, 6.45) is 0.256. The van der Waals surface area contributed by atoms with E-state index >= 15 is 0 Å². The van der Waals surface area contributed by atoms with E-state index in [4.69, 9.17) is 4.74 Å². The first kappa shape index (κ1) is 18.8. The van der Waals surface area contributed by atoms with Gasteiger partial charge in [0.05, 0.1) is 11.3 Å². The molecular formula is C18H24N2O5. The molecule has 0 radical (unpaired) electrons. The molecule has 7 heteroatoms. The summed E-state index contributed by atoms with van der Waals surface area (Å²) in [6, 6.07) is 3.79. The van der Waals surface area contributed by atoms with Gasteiger partial charge in [-0.15, -0.1) is 0 Å². The van der Waals surface area contributed by atoms with Gasteiger partial charge in [-0.3, -0.25) is 9.59 Å². The summed E-state index contributed by atoms with van der Waals surface area (Å²) in [5.41, 5.74) is 0.566. The molecule has 136 valence electrons. The van der Waals surface area contributed by atoms with E-state index in [1.807, 2.05) is 20.8 Å². The number of anilines is 1. The average Bonchev–Trinajstić information content (AvgIpc) is 2.50. The maximum atomic E-state index is 12.6. The van der Waals surface area contributed by atoms with E-state index in [0.717, 1.165) is 0 Å². The zero-order chi connectivity index (χ0) is 18.8. The molecule has 0 fully saturated rings. The summed E-state index contributed by atoms with van der Waals surface area (Å²) in [5, 5.41) is 14.6. The van der Waals surface area contributed by atoms with Crippen LogP contribution in [-0.4, -0.2) is 35.0 Å². The fourth-order valence-corrected chi connectivity index (χ4v) is 2.48. The molecule has 0 bridgehead atoms. The number of para-hydroxylation sites is 1. The first-order valence-corrected chi connectivity index (χ1v) is 8.22. The number of nitrogens with one attached hydrogen (secondary N) is 2. The third-order valence-electron chi connectivity index (χ3n) is 3.97. The van der Waals surface area contributed by atoms with Crippen LogP contribution in [0.25, 0.3) is 0 Å². The summed E-state index contributed by atoms with van der Waals surface area (Å²) in [6.45, 7) is 7.62. The molecule has 2 atom stereocenters. The standard InChI is InChI=1S/C18H24N2O5/c1-10-15(21)19-12-7-5-6-11(14(12)25-10)16(22)20-13(17(23)24)8-9-18(2,3)4/h5-7,10,13H,8-9H2,1-4H3,(H,19,21)(H,20,22)(H,23,24). The number of amides is 2. The Kier molecular flexibility index (Phi) is 5.35. The summed E-state index contributed by atoms with van der Waals surface area (Å²) >= 11 is 0. The Hall–Kier alpha value is -2.57. The quantitative estimate of drug-likeness (QED) is 0.758. The van der Waals surface area contributed by atoms with Crippen LogP contribution in [0.4, 0.5) is 5.69 Å². The molecule has 2 unspecified atom stereocenters. The summed E-state index contributed by atoms with van der Waals surface area (Å²) in [4.78, 5) is 35.7. The summed E-state index contributed by atoms with van der Waals surface area (Å²) < 4.78 is 5.53. The molecule has 1 aromatic rings. The second kappa shape index (κ2) is 7.13. The van der Waals surface area contributed by atoms with Crippen molar-refractivity contribution < 1.29 is 24.2 Å². The number of fused-ring (bicyclic) bond motifs is 1. The number of carbonyl (C=O) groups excluding carboxylic acids is 2. The number of hydrogen-bond donors (Lipinski definition) is 3. The SMILES string of the molecule is CC1Oc2c(cccc2C(=O)NC(CCC(C)(C)C)C(=O)O)NC1=O. The average molecular weight is 348 g/mol. The lowest BCUT2D eigenvalue weighted by molar-refractivity contribution is -0.139. The van der Waals surface area contributed by atoms with Gasteiger partial charge < -0.3 is 20.5 Å². The van der Waals surface area contributed by atoms with Crippen LogP contribution in [-0.2, 0) is 9.59 Å². The largest absolute Gasteiger partial charge is 0.480 e. The molecule has 1 aromatic carbocycles. The van der Waals surface area contributed by atoms with Crippen molar-refractivity contribution in [1.29, 1.82) is 0 Å². The fourth-order valence-electron chi connectivity index (χ4n) is 2.48. The van der Waals surface area contributed by atoms with Crippen molar-refractivity contribution in [3.05, 3.63) is 23.8 Å². The molecule has 0 saturated heterocycles. The van der Waals surface area contributed by atoms with E-state index in [-0.39, 0.29) is 22.6 Å². The highest BCUT2D eigenvalue weighted by molar-refractivity contribution is 6.04. The molecular weight excluding hydrogens is 324 g/mol. The van der Waals surface area contributed by atoms with Gasteiger partial charge in [0.1, 0.15) is 6.04 Å². The van der Waals surface area contributed by atoms with E-state index in [1.54, 1.807) is 25.1 Å². The van der Waals surface area contributed by atoms with Gasteiger partial charge in [0, 0.05) is 0 Å². The Morgan fingerprint density at radius 1 is 1.36 bits per heavy atom. The van der Waals surface area contributed by atoms with Crippen LogP contribution < -0.4 is 15.4 Å². The molecule has 0 aromatic heterocycles. The number of carboxylic acids is 1. The number of aliphatic carboxylic acids is 1. The minimum Gasteiger partial charge on any atom is -0.480 e. The van der Waals surface area contributed by atoms with Gasteiger partial charge in [0.15, 0.2) is 11.9 Å². The van der Waals surface area contributed by atoms with Crippen LogP contribution in [0.5, 0.6) is 5.75 Å². The molecule has 7 nitrogen and oxygen atoms in total. The highest BCUT2D eigenvalue weighted by Gasteiger charge is 2.29. The van der Waals surface area contributed by atoms with Crippen molar-refractivity contribution in [1.82, 2.24) is 5.32 Å². The van der Waals surface area contributed by atoms with Gasteiger partial charge in [0.25, 0.3) is 11.8 Å². The molecule has 2 rings (SSSR count). The molecule has 3 N–H and O–H groups in total. The lowest BCUT2D eigenvalue weighted by Crippen LogP contribution is -2.42. The van der Waals surface area contributed by atoms with E-state index in [0.29, 0.717) is 18.5 Å². The number of hydrogen-bond acceptors (Lipinski definition) is 4. The van der Waals surface area contributed by atoms with E-state index in [1.165, 1.54) is 0 Å². The van der Waals surface area contributed by atoms with Crippen molar-refractivity contribution >= 4 is 23.5 Å². The predicted octanol–water partition coefficient (Wildman–Crippen LogP) is 2.42. The predicted molar refractivity (Wildman–Crippen MR) is 92.7 cm³/mol. The van der Waals surface area contributed by atoms with Crippen LogP contribution in [0, 0.1) is 5.41 Å². The second-order valence-corrected chi connectivity index (χ2v) is 7.40. The first-order chi connectivity index (χ1) is 11.6. The Morgan fingerprint density at radius 3 is 2.64 bits per heavy atom. The maximum absolute atomic E-state index is 12.6. The van der Waals surface area contributed by atoms with Gasteiger partial charge >= 0.3 is 5.97 Å². The zero-order valence-corrected chi connectivity index (χ0v) is 14.9. The molecule has 2 amide bonds. The number of carbonyl (C=O) groups is 3. The minimum atomic E-state index is -1.08. The lowest BCUT2D eigenvalue weighted by Gasteiger charge is -2.26. The van der Waals surface area contributed by atoms with Gasteiger partial charge in [0.2, 0.25) is 0 Å². The molecule has 0 saturated carbocycles. The first-order valence-electron chi connectivity index (χ1n) is 8.22. The molecule has 1 aliphatic heterocycles. The van der Waals surface area contributed by atoms with Crippen molar-refractivity contribution in [2.24, 2.45) is 5.41 Å². The Labute approximate surface area is 146 Å². The highest BCUT2D eigenvalue weighted by atomic mass is 16.5. The smallest absolute Gasteiger partial charge is 0.326 e. The highest BCUT2D eigenvalue weighted by Crippen LogP contribution is 2.33. The Morgan fingerprint density at radius 2 is 2.04 bits per heavy atom. The monoisotopic (exact) mass is 348 g/mol. The van der Waals surface area contributed by atoms with Crippen LogP contribution >= 0.6 is 0 Å².